The number of aryl methyl sites for hydroxylation is 1. The van der Waals surface area contributed by atoms with Crippen LogP contribution in [0.2, 0.25) is 0 Å². The van der Waals surface area contributed by atoms with Crippen LogP contribution in [-0.4, -0.2) is 51.8 Å². The summed E-state index contributed by atoms with van der Waals surface area (Å²) in [5.41, 5.74) is 2.33. The van der Waals surface area contributed by atoms with Crippen LogP contribution in [0.15, 0.2) is 36.4 Å². The highest BCUT2D eigenvalue weighted by molar-refractivity contribution is 6.08. The average molecular weight is 440 g/mol. The van der Waals surface area contributed by atoms with Crippen molar-refractivity contribution in [1.82, 2.24) is 14.8 Å². The van der Waals surface area contributed by atoms with Gasteiger partial charge in [0.2, 0.25) is 5.78 Å². The summed E-state index contributed by atoms with van der Waals surface area (Å²) in [6.45, 7) is 7.04. The molecule has 3 amide bonds. The molecule has 8 nitrogen and oxygen atoms in total. The van der Waals surface area contributed by atoms with Crippen molar-refractivity contribution < 1.29 is 23.9 Å². The number of urea groups is 1. The second kappa shape index (κ2) is 9.38. The van der Waals surface area contributed by atoms with Crippen LogP contribution in [0.4, 0.5) is 4.79 Å². The Hall–Kier alpha value is -3.42. The van der Waals surface area contributed by atoms with Gasteiger partial charge in [-0.2, -0.15) is 0 Å². The van der Waals surface area contributed by atoms with Gasteiger partial charge >= 0.3 is 12.0 Å². The van der Waals surface area contributed by atoms with E-state index in [-0.39, 0.29) is 5.78 Å². The number of nitrogens with one attached hydrogen (secondary N) is 1. The maximum absolute atomic E-state index is 12.7. The maximum atomic E-state index is 12.7. The fourth-order valence-electron chi connectivity index (χ4n) is 4.04. The van der Waals surface area contributed by atoms with Crippen LogP contribution in [0.25, 0.3) is 0 Å². The molecule has 3 rings (SSSR count). The molecule has 1 aromatic heterocycles. The lowest BCUT2D eigenvalue weighted by atomic mass is 9.93. The molecule has 0 aliphatic carbocycles. The van der Waals surface area contributed by atoms with Crippen molar-refractivity contribution in [2.75, 3.05) is 13.2 Å². The van der Waals surface area contributed by atoms with E-state index < -0.39 is 36.6 Å². The second-order valence-corrected chi connectivity index (χ2v) is 8.05. The number of hydrogen-bond acceptors (Lipinski definition) is 5. The number of hydrogen-bond donors (Lipinski definition) is 1. The van der Waals surface area contributed by atoms with Gasteiger partial charge in [0.05, 0.1) is 0 Å². The van der Waals surface area contributed by atoms with Crippen molar-refractivity contribution in [3.8, 4) is 0 Å². The number of Topliss-reactive ketones (excluding diaryl/α,β-unsaturated/α-hetero) is 1. The lowest BCUT2D eigenvalue weighted by molar-refractivity contribution is -0.146. The van der Waals surface area contributed by atoms with Gasteiger partial charge in [0.1, 0.15) is 12.1 Å². The molecule has 2 heterocycles. The number of aromatic nitrogens is 1. The Balaban J connectivity index is 1.61. The Labute approximate surface area is 187 Å². The first-order valence-corrected chi connectivity index (χ1v) is 10.8. The predicted molar refractivity (Wildman–Crippen MR) is 118 cm³/mol. The van der Waals surface area contributed by atoms with Crippen LogP contribution in [-0.2, 0) is 20.9 Å². The smallest absolute Gasteiger partial charge is 0.326 e. The number of nitrogens with zero attached hydrogens (tertiary/aromatic N) is 2. The third kappa shape index (κ3) is 4.44. The fraction of sp³-hybridized carbons (Fsp3) is 0.417. The summed E-state index contributed by atoms with van der Waals surface area (Å²) in [5.74, 6) is -1.58. The van der Waals surface area contributed by atoms with Crippen LogP contribution >= 0.6 is 0 Å². The highest BCUT2D eigenvalue weighted by Crippen LogP contribution is 2.24. The third-order valence-corrected chi connectivity index (χ3v) is 6.16. The molecule has 1 saturated heterocycles. The Kier molecular flexibility index (Phi) is 6.81. The van der Waals surface area contributed by atoms with Gasteiger partial charge in [-0.15, -0.1) is 0 Å². The van der Waals surface area contributed by atoms with E-state index in [2.05, 4.69) is 5.32 Å². The Morgan fingerprint density at radius 2 is 1.72 bits per heavy atom. The number of ketones is 1. The molecule has 0 radical (unpaired) electrons. The number of carbonyl (C=O) groups excluding carboxylic acids is 4. The summed E-state index contributed by atoms with van der Waals surface area (Å²) in [7, 11) is 0. The Morgan fingerprint density at radius 3 is 2.31 bits per heavy atom. The van der Waals surface area contributed by atoms with E-state index in [0.717, 1.165) is 21.9 Å². The van der Waals surface area contributed by atoms with Crippen LogP contribution in [0.1, 0.15) is 54.0 Å². The largest absolute Gasteiger partial charge is 0.456 e. The molecule has 8 heteroatoms. The monoisotopic (exact) mass is 439 g/mol. The zero-order chi connectivity index (χ0) is 23.5. The fourth-order valence-corrected chi connectivity index (χ4v) is 4.04. The van der Waals surface area contributed by atoms with Gasteiger partial charge in [-0.25, -0.2) is 4.79 Å². The summed E-state index contributed by atoms with van der Waals surface area (Å²) < 4.78 is 7.14. The first-order valence-electron chi connectivity index (χ1n) is 10.8. The predicted octanol–water partition coefficient (Wildman–Crippen LogP) is 2.99. The van der Waals surface area contributed by atoms with Gasteiger partial charge in [-0.3, -0.25) is 19.3 Å². The number of amides is 3. The van der Waals surface area contributed by atoms with Crippen LogP contribution in [0.3, 0.4) is 0 Å². The van der Waals surface area contributed by atoms with E-state index in [1.807, 2.05) is 48.7 Å². The van der Waals surface area contributed by atoms with E-state index in [1.165, 1.54) is 0 Å². The molecule has 32 heavy (non-hydrogen) atoms. The molecule has 0 unspecified atom stereocenters. The molecule has 170 valence electrons. The van der Waals surface area contributed by atoms with E-state index >= 15 is 0 Å². The summed E-state index contributed by atoms with van der Waals surface area (Å²) in [6, 6.07) is 11.1. The molecule has 1 aliphatic heterocycles. The number of rotatable bonds is 9. The first kappa shape index (κ1) is 23.2. The van der Waals surface area contributed by atoms with Crippen molar-refractivity contribution in [2.45, 2.75) is 52.6 Å². The summed E-state index contributed by atoms with van der Waals surface area (Å²) in [6.07, 6.45) is 0.855. The van der Waals surface area contributed by atoms with Gasteiger partial charge < -0.3 is 14.6 Å². The Bertz CT molecular complexity index is 1040. The molecule has 0 bridgehead atoms. The van der Waals surface area contributed by atoms with Gasteiger partial charge in [-0.1, -0.05) is 44.2 Å². The average Bonchev–Trinajstić information content (AvgIpc) is 3.20. The second-order valence-electron chi connectivity index (χ2n) is 8.05. The van der Waals surface area contributed by atoms with Gasteiger partial charge in [0, 0.05) is 23.5 Å². The minimum Gasteiger partial charge on any atom is -0.456 e. The number of ether oxygens (including phenoxy) is 1. The van der Waals surface area contributed by atoms with E-state index in [0.29, 0.717) is 24.9 Å². The van der Waals surface area contributed by atoms with E-state index in [4.69, 9.17) is 4.74 Å². The molecule has 1 aliphatic rings. The minimum absolute atomic E-state index is 0.334. The number of esters is 1. The zero-order valence-electron chi connectivity index (χ0n) is 18.9. The molecule has 0 atom stereocenters. The maximum Gasteiger partial charge on any atom is 0.326 e. The van der Waals surface area contributed by atoms with Crippen molar-refractivity contribution in [3.63, 3.8) is 0 Å². The highest BCUT2D eigenvalue weighted by atomic mass is 16.5. The minimum atomic E-state index is -0.983. The third-order valence-electron chi connectivity index (χ3n) is 6.16. The van der Waals surface area contributed by atoms with Crippen LogP contribution in [0, 0.1) is 13.8 Å². The van der Waals surface area contributed by atoms with Gasteiger partial charge in [0.25, 0.3) is 5.91 Å². The van der Waals surface area contributed by atoms with E-state index in [1.54, 1.807) is 19.9 Å². The summed E-state index contributed by atoms with van der Waals surface area (Å²) >= 11 is 0. The zero-order valence-corrected chi connectivity index (χ0v) is 18.9. The molecular weight excluding hydrogens is 410 g/mol. The topological polar surface area (TPSA) is 97.7 Å². The molecule has 1 N–H and O–H groups in total. The van der Waals surface area contributed by atoms with Crippen LogP contribution in [0.5, 0.6) is 0 Å². The number of benzene rings is 1. The standard InChI is InChI=1S/C24H29N3O5/c1-5-24(6-2)22(30)27(23(31)25-24)14-21(29)32-15-20(28)19-12-16(3)26(17(19)4)13-18-10-8-7-9-11-18/h7-12H,5-6,13-15H2,1-4H3,(H,25,31). The Morgan fingerprint density at radius 1 is 1.06 bits per heavy atom. The van der Waals surface area contributed by atoms with E-state index in [9.17, 15) is 19.2 Å². The van der Waals surface area contributed by atoms with Crippen molar-refractivity contribution in [3.05, 3.63) is 58.9 Å². The first-order chi connectivity index (χ1) is 15.2. The SMILES string of the molecule is CCC1(CC)NC(=O)N(CC(=O)OCC(=O)c2cc(C)n(Cc3ccccc3)c2C)C1=O. The quantitative estimate of drug-likeness (QED) is 0.368. The molecule has 1 fully saturated rings. The van der Waals surface area contributed by atoms with Crippen molar-refractivity contribution in [2.24, 2.45) is 0 Å². The van der Waals surface area contributed by atoms with Gasteiger partial charge in [-0.05, 0) is 38.3 Å². The number of carbonyl (C=O) groups is 4. The molecule has 0 saturated carbocycles. The lowest BCUT2D eigenvalue weighted by Crippen LogP contribution is -2.46. The van der Waals surface area contributed by atoms with Gasteiger partial charge in [0.15, 0.2) is 6.61 Å². The van der Waals surface area contributed by atoms with Crippen molar-refractivity contribution in [1.29, 1.82) is 0 Å². The lowest BCUT2D eigenvalue weighted by Gasteiger charge is -2.22. The molecule has 0 spiro atoms. The summed E-state index contributed by atoms with van der Waals surface area (Å²) in [5, 5.41) is 2.66. The summed E-state index contributed by atoms with van der Waals surface area (Å²) in [4.78, 5) is 50.6. The highest BCUT2D eigenvalue weighted by Gasteiger charge is 2.49. The molecule has 2 aromatic rings. The van der Waals surface area contributed by atoms with Crippen LogP contribution < -0.4 is 5.32 Å². The number of imide groups is 1. The molecular formula is C24H29N3O5. The van der Waals surface area contributed by atoms with Crippen molar-refractivity contribution >= 4 is 23.7 Å². The normalized spacial score (nSPS) is 15.1. The molecule has 1 aromatic carbocycles.